The second-order valence-corrected chi connectivity index (χ2v) is 12.7. The third kappa shape index (κ3) is 3.19. The fraction of sp³-hybridized carbons (Fsp3) is 0.333. The van der Waals surface area contributed by atoms with Crippen LogP contribution in [0, 0.1) is 0 Å². The molecule has 1 N–H and O–H groups in total. The van der Waals surface area contributed by atoms with Crippen LogP contribution in [0.5, 0.6) is 5.75 Å². The molecule has 26 heavy (non-hydrogen) atoms. The van der Waals surface area contributed by atoms with E-state index in [1.807, 2.05) is 24.3 Å². The molecule has 0 unspecified atom stereocenters. The number of phenolic OH excluding ortho intramolecular Hbond substituents is 1. The Hall–Kier alpha value is -2.40. The van der Waals surface area contributed by atoms with Gasteiger partial charge in [0.15, 0.2) is 5.78 Å². The maximum absolute atomic E-state index is 13.1. The van der Waals surface area contributed by atoms with E-state index in [1.54, 1.807) is 6.07 Å². The molecule has 0 aromatic heterocycles. The van der Waals surface area contributed by atoms with Crippen LogP contribution in [0.1, 0.15) is 34.8 Å². The number of carbonyl (C=O) groups excluding carboxylic acids is 2. The van der Waals surface area contributed by atoms with Crippen molar-refractivity contribution in [2.75, 3.05) is 6.61 Å². The molecule has 5 heteroatoms. The molecule has 4 nitrogen and oxygen atoms in total. The summed E-state index contributed by atoms with van der Waals surface area (Å²) in [6, 6.07) is 9.30. The summed E-state index contributed by atoms with van der Waals surface area (Å²) in [6.45, 7) is 8.26. The molecule has 1 aliphatic rings. The van der Waals surface area contributed by atoms with Crippen molar-refractivity contribution in [3.63, 3.8) is 0 Å². The lowest BCUT2D eigenvalue weighted by atomic mass is 9.99. The van der Waals surface area contributed by atoms with Crippen LogP contribution >= 0.6 is 0 Å². The third-order valence-corrected chi connectivity index (χ3v) is 6.78. The summed E-state index contributed by atoms with van der Waals surface area (Å²) in [5, 5.41) is 11.8. The van der Waals surface area contributed by atoms with Gasteiger partial charge in [-0.3, -0.25) is 9.59 Å². The van der Waals surface area contributed by atoms with Crippen molar-refractivity contribution in [1.29, 1.82) is 0 Å². The first-order valence-electron chi connectivity index (χ1n) is 8.88. The van der Waals surface area contributed by atoms with E-state index in [9.17, 15) is 14.7 Å². The molecular formula is C21H24O4Si. The minimum Gasteiger partial charge on any atom is -0.508 e. The zero-order chi connectivity index (χ0) is 19.1. The van der Waals surface area contributed by atoms with Gasteiger partial charge in [-0.1, -0.05) is 43.9 Å². The first-order valence-corrected chi connectivity index (χ1v) is 12.4. The highest BCUT2D eigenvalue weighted by Gasteiger charge is 2.36. The van der Waals surface area contributed by atoms with Gasteiger partial charge in [-0.05, 0) is 40.8 Å². The molecule has 2 aromatic rings. The molecule has 1 aliphatic carbocycles. The Morgan fingerprint density at radius 3 is 2.38 bits per heavy atom. The molecule has 3 rings (SSSR count). The molecule has 0 atom stereocenters. The van der Waals surface area contributed by atoms with Crippen molar-refractivity contribution < 1.29 is 19.4 Å². The number of aromatic hydroxyl groups is 1. The molecule has 0 fully saturated rings. The van der Waals surface area contributed by atoms with E-state index in [4.69, 9.17) is 4.74 Å². The van der Waals surface area contributed by atoms with E-state index in [-0.39, 0.29) is 17.5 Å². The number of benzene rings is 2. The van der Waals surface area contributed by atoms with Crippen LogP contribution in [-0.4, -0.2) is 31.5 Å². The smallest absolute Gasteiger partial charge is 0.302 e. The van der Waals surface area contributed by atoms with Crippen molar-refractivity contribution >= 4 is 25.0 Å². The Balaban J connectivity index is 2.11. The largest absolute Gasteiger partial charge is 0.508 e. The molecular weight excluding hydrogens is 344 g/mol. The molecule has 0 spiro atoms. The van der Waals surface area contributed by atoms with E-state index in [1.165, 1.54) is 6.92 Å². The lowest BCUT2D eigenvalue weighted by molar-refractivity contribution is -0.141. The minimum absolute atomic E-state index is 0.0502. The number of hydrogen-bond acceptors (Lipinski definition) is 4. The van der Waals surface area contributed by atoms with Crippen LogP contribution < -0.4 is 5.19 Å². The Bertz CT molecular complexity index is 894. The summed E-state index contributed by atoms with van der Waals surface area (Å²) in [7, 11) is -1.92. The SMILES string of the molecule is CC(=O)OCCCc1c(O)cc2c(c1[Si](C)(C)C)C(=O)c1ccccc1-2. The Morgan fingerprint density at radius 2 is 1.77 bits per heavy atom. The molecule has 0 aliphatic heterocycles. The van der Waals surface area contributed by atoms with Gasteiger partial charge in [0.2, 0.25) is 0 Å². The number of ether oxygens (including phenoxy) is 1. The van der Waals surface area contributed by atoms with Crippen LogP contribution in [0.2, 0.25) is 19.6 Å². The molecule has 0 saturated heterocycles. The summed E-state index contributed by atoms with van der Waals surface area (Å²) in [5.74, 6) is -0.0259. The molecule has 0 radical (unpaired) electrons. The van der Waals surface area contributed by atoms with Crippen LogP contribution in [0.4, 0.5) is 0 Å². The number of rotatable bonds is 5. The van der Waals surface area contributed by atoms with E-state index in [2.05, 4.69) is 19.6 Å². The van der Waals surface area contributed by atoms with E-state index in [0.29, 0.717) is 25.0 Å². The standard InChI is InChI=1S/C21H24O4Si/c1-13(22)25-11-7-10-16-18(23)12-17-14-8-5-6-9-15(14)20(24)19(17)21(16)26(2,3)4/h5-6,8-9,12,23H,7,10-11H2,1-4H3. The summed E-state index contributed by atoms with van der Waals surface area (Å²) in [5.41, 5.74) is 4.03. The predicted octanol–water partition coefficient (Wildman–Crippen LogP) is 3.64. The van der Waals surface area contributed by atoms with Crippen LogP contribution in [0.25, 0.3) is 11.1 Å². The van der Waals surface area contributed by atoms with Gasteiger partial charge in [0, 0.05) is 18.1 Å². The van der Waals surface area contributed by atoms with Gasteiger partial charge < -0.3 is 9.84 Å². The van der Waals surface area contributed by atoms with Gasteiger partial charge in [0.05, 0.1) is 14.7 Å². The van der Waals surface area contributed by atoms with Gasteiger partial charge >= 0.3 is 5.97 Å². The van der Waals surface area contributed by atoms with Crippen molar-refractivity contribution in [1.82, 2.24) is 0 Å². The summed E-state index contributed by atoms with van der Waals surface area (Å²) < 4.78 is 5.02. The van der Waals surface area contributed by atoms with E-state index >= 15 is 0 Å². The molecule has 2 aromatic carbocycles. The Kier molecular flexibility index (Phi) is 4.75. The first kappa shape index (κ1) is 18.4. The van der Waals surface area contributed by atoms with Gasteiger partial charge in [-0.15, -0.1) is 0 Å². The molecule has 0 heterocycles. The van der Waals surface area contributed by atoms with Crippen LogP contribution in [-0.2, 0) is 16.0 Å². The lowest BCUT2D eigenvalue weighted by Crippen LogP contribution is -2.43. The topological polar surface area (TPSA) is 63.6 Å². The Labute approximate surface area is 154 Å². The average molecular weight is 369 g/mol. The van der Waals surface area contributed by atoms with Gasteiger partial charge in [0.25, 0.3) is 0 Å². The zero-order valence-electron chi connectivity index (χ0n) is 15.7. The normalized spacial score (nSPS) is 12.7. The fourth-order valence-electron chi connectivity index (χ4n) is 3.75. The van der Waals surface area contributed by atoms with E-state index < -0.39 is 8.07 Å². The monoisotopic (exact) mass is 368 g/mol. The lowest BCUT2D eigenvalue weighted by Gasteiger charge is -2.25. The minimum atomic E-state index is -1.92. The fourth-order valence-corrected chi connectivity index (χ4v) is 5.91. The van der Waals surface area contributed by atoms with Gasteiger partial charge in [-0.25, -0.2) is 0 Å². The zero-order valence-corrected chi connectivity index (χ0v) is 16.7. The second-order valence-electron chi connectivity index (χ2n) is 7.74. The number of fused-ring (bicyclic) bond motifs is 3. The van der Waals surface area contributed by atoms with Crippen molar-refractivity contribution in [2.24, 2.45) is 0 Å². The highest BCUT2D eigenvalue weighted by atomic mass is 28.3. The van der Waals surface area contributed by atoms with E-state index in [0.717, 1.165) is 27.4 Å². The number of phenols is 1. The van der Waals surface area contributed by atoms with Gasteiger partial charge in [0.1, 0.15) is 5.75 Å². The summed E-state index contributed by atoms with van der Waals surface area (Å²) in [4.78, 5) is 24.1. The maximum atomic E-state index is 13.1. The van der Waals surface area contributed by atoms with Crippen LogP contribution in [0.3, 0.4) is 0 Å². The average Bonchev–Trinajstić information content (AvgIpc) is 2.83. The molecule has 136 valence electrons. The highest BCUT2D eigenvalue weighted by Crippen LogP contribution is 2.40. The Morgan fingerprint density at radius 1 is 1.12 bits per heavy atom. The predicted molar refractivity (Wildman–Crippen MR) is 105 cm³/mol. The summed E-state index contributed by atoms with van der Waals surface area (Å²) in [6.07, 6.45) is 1.19. The number of ketones is 1. The van der Waals surface area contributed by atoms with Gasteiger partial charge in [-0.2, -0.15) is 0 Å². The van der Waals surface area contributed by atoms with Crippen molar-refractivity contribution in [2.45, 2.75) is 39.4 Å². The second kappa shape index (κ2) is 6.72. The number of carbonyl (C=O) groups is 2. The number of hydrogen-bond donors (Lipinski definition) is 1. The molecule has 0 amide bonds. The number of esters is 1. The molecule has 0 saturated carbocycles. The maximum Gasteiger partial charge on any atom is 0.302 e. The summed E-state index contributed by atoms with van der Waals surface area (Å²) >= 11 is 0. The highest BCUT2D eigenvalue weighted by molar-refractivity contribution is 6.90. The van der Waals surface area contributed by atoms with Crippen molar-refractivity contribution in [3.05, 3.63) is 47.0 Å². The third-order valence-electron chi connectivity index (χ3n) is 4.73. The van der Waals surface area contributed by atoms with Crippen LogP contribution in [0.15, 0.2) is 30.3 Å². The first-order chi connectivity index (χ1) is 12.2. The molecule has 0 bridgehead atoms. The van der Waals surface area contributed by atoms with Crippen molar-refractivity contribution in [3.8, 4) is 16.9 Å². The quantitative estimate of drug-likeness (QED) is 0.424.